The Morgan fingerprint density at radius 2 is 1.69 bits per heavy atom. The van der Waals surface area contributed by atoms with Gasteiger partial charge in [-0.1, -0.05) is 0 Å². The van der Waals surface area contributed by atoms with Crippen LogP contribution >= 0.6 is 11.8 Å². The first-order chi connectivity index (χ1) is 18.3. The molecule has 0 bridgehead atoms. The van der Waals surface area contributed by atoms with Gasteiger partial charge >= 0.3 is 12.4 Å². The minimum Gasteiger partial charge on any atom is -0.354 e. The Labute approximate surface area is 222 Å². The van der Waals surface area contributed by atoms with Crippen LogP contribution in [0, 0.1) is 6.92 Å². The number of halogens is 6. The van der Waals surface area contributed by atoms with Crippen LogP contribution in [0.1, 0.15) is 11.5 Å². The quantitative estimate of drug-likeness (QED) is 0.247. The van der Waals surface area contributed by atoms with E-state index in [9.17, 15) is 26.3 Å². The predicted molar refractivity (Wildman–Crippen MR) is 133 cm³/mol. The predicted octanol–water partition coefficient (Wildman–Crippen LogP) is 4.99. The summed E-state index contributed by atoms with van der Waals surface area (Å²) >= 11 is 1.15. The van der Waals surface area contributed by atoms with Gasteiger partial charge in [-0.3, -0.25) is 10.00 Å². The lowest BCUT2D eigenvalue weighted by atomic mass is 10.3. The smallest absolute Gasteiger partial charge is 0.354 e. The number of nitrogens with one attached hydrogen (secondary N) is 2. The molecule has 0 spiro atoms. The number of hydrogen-bond acceptors (Lipinski definition) is 8. The molecule has 0 radical (unpaired) electrons. The maximum absolute atomic E-state index is 13.3. The van der Waals surface area contributed by atoms with Crippen LogP contribution in [0.15, 0.2) is 40.4 Å². The van der Waals surface area contributed by atoms with Crippen molar-refractivity contribution in [3.8, 4) is 0 Å². The number of benzene rings is 1. The summed E-state index contributed by atoms with van der Waals surface area (Å²) in [5, 5.41) is 10.4. The summed E-state index contributed by atoms with van der Waals surface area (Å²) in [6.07, 6.45) is -8.86. The average molecular weight is 572 g/mol. The number of aromatic amines is 1. The molecule has 9 nitrogen and oxygen atoms in total. The second kappa shape index (κ2) is 10.2. The second-order valence-electron chi connectivity index (χ2n) is 9.08. The van der Waals surface area contributed by atoms with Crippen LogP contribution in [-0.4, -0.2) is 73.5 Å². The molecule has 16 heteroatoms. The summed E-state index contributed by atoms with van der Waals surface area (Å²) in [5.41, 5.74) is 1.33. The zero-order chi connectivity index (χ0) is 27.9. The molecule has 1 aliphatic rings. The SMILES string of the molecule is Cc1cc(Nc2cc(N3CCN(CC(F)(F)F)CC3)nc(Sc3ccc4nc(C(F)(F)F)n(C)c4c3)n2)n[nH]1. The standard InChI is InChI=1S/C23H23F6N9S/c1-13-9-18(35-34-13)31-17-11-19(38-7-5-37(6-8-38)12-22(24,25)26)33-21(32-17)39-14-3-4-15-16(10-14)36(2)20(30-15)23(27,28)29/h3-4,9-11H,5-8,12H2,1-2H3,(H2,31,32,33,34,35). The number of aryl methyl sites for hydroxylation is 2. The van der Waals surface area contributed by atoms with Crippen molar-refractivity contribution in [1.82, 2.24) is 34.6 Å². The molecule has 0 unspecified atom stereocenters. The summed E-state index contributed by atoms with van der Waals surface area (Å²) in [4.78, 5) is 16.7. The molecule has 4 aromatic rings. The molecule has 5 rings (SSSR count). The molecule has 1 fully saturated rings. The van der Waals surface area contributed by atoms with Crippen molar-refractivity contribution in [2.24, 2.45) is 7.05 Å². The first kappa shape index (κ1) is 27.1. The Kier molecular flexibility index (Phi) is 7.09. The van der Waals surface area contributed by atoms with E-state index in [0.29, 0.717) is 46.1 Å². The van der Waals surface area contributed by atoms with Crippen LogP contribution in [0.25, 0.3) is 11.0 Å². The number of rotatable bonds is 6. The molecule has 1 saturated heterocycles. The highest BCUT2D eigenvalue weighted by Gasteiger charge is 2.37. The summed E-state index contributed by atoms with van der Waals surface area (Å²) in [6, 6.07) is 8.18. The molecule has 0 saturated carbocycles. The number of aromatic nitrogens is 6. The Morgan fingerprint density at radius 3 is 2.33 bits per heavy atom. The molecular formula is C23H23F6N9S. The van der Waals surface area contributed by atoms with Crippen molar-refractivity contribution < 1.29 is 26.3 Å². The van der Waals surface area contributed by atoms with E-state index >= 15 is 0 Å². The van der Waals surface area contributed by atoms with Gasteiger partial charge in [0.15, 0.2) is 11.0 Å². The van der Waals surface area contributed by atoms with Crippen molar-refractivity contribution >= 4 is 40.2 Å². The fraction of sp³-hybridized carbons (Fsp3) is 0.391. The van der Waals surface area contributed by atoms with E-state index < -0.39 is 24.7 Å². The third-order valence-corrected chi connectivity index (χ3v) is 6.92. The van der Waals surface area contributed by atoms with Crippen molar-refractivity contribution in [3.63, 3.8) is 0 Å². The highest BCUT2D eigenvalue weighted by molar-refractivity contribution is 7.99. The molecule has 1 aromatic carbocycles. The van der Waals surface area contributed by atoms with E-state index in [1.807, 2.05) is 11.8 Å². The summed E-state index contributed by atoms with van der Waals surface area (Å²) < 4.78 is 79.3. The van der Waals surface area contributed by atoms with Crippen LogP contribution in [0.2, 0.25) is 0 Å². The number of piperazine rings is 1. The average Bonchev–Trinajstić information content (AvgIpc) is 3.40. The van der Waals surface area contributed by atoms with Gasteiger partial charge in [0.05, 0.1) is 17.6 Å². The molecule has 0 atom stereocenters. The topological polar surface area (TPSA) is 90.8 Å². The molecule has 0 amide bonds. The van der Waals surface area contributed by atoms with Crippen LogP contribution in [0.4, 0.5) is 43.8 Å². The van der Waals surface area contributed by atoms with Gasteiger partial charge in [-0.15, -0.1) is 0 Å². The van der Waals surface area contributed by atoms with E-state index in [-0.39, 0.29) is 18.6 Å². The van der Waals surface area contributed by atoms with Gasteiger partial charge < -0.3 is 14.8 Å². The van der Waals surface area contributed by atoms with Crippen molar-refractivity contribution in [1.29, 1.82) is 0 Å². The highest BCUT2D eigenvalue weighted by Crippen LogP contribution is 2.34. The van der Waals surface area contributed by atoms with Gasteiger partial charge in [0.25, 0.3) is 0 Å². The van der Waals surface area contributed by atoms with E-state index in [4.69, 9.17) is 0 Å². The maximum Gasteiger partial charge on any atom is 0.449 e. The number of nitrogens with zero attached hydrogens (tertiary/aromatic N) is 7. The van der Waals surface area contributed by atoms with Gasteiger partial charge in [0.2, 0.25) is 5.82 Å². The Hall–Kier alpha value is -3.53. The third kappa shape index (κ3) is 6.38. The van der Waals surface area contributed by atoms with E-state index in [1.54, 1.807) is 24.3 Å². The zero-order valence-corrected chi connectivity index (χ0v) is 21.5. The van der Waals surface area contributed by atoms with Crippen LogP contribution in [0.3, 0.4) is 0 Å². The van der Waals surface area contributed by atoms with Gasteiger partial charge in [-0.05, 0) is 36.9 Å². The molecule has 1 aliphatic heterocycles. The minimum atomic E-state index is -4.59. The minimum absolute atomic E-state index is 0.205. The molecular weight excluding hydrogens is 548 g/mol. The first-order valence-electron chi connectivity index (χ1n) is 11.8. The third-order valence-electron chi connectivity index (χ3n) is 6.07. The van der Waals surface area contributed by atoms with E-state index in [1.165, 1.54) is 18.0 Å². The largest absolute Gasteiger partial charge is 0.449 e. The lowest BCUT2D eigenvalue weighted by Gasteiger charge is -2.35. The van der Waals surface area contributed by atoms with Crippen LogP contribution in [-0.2, 0) is 13.2 Å². The first-order valence-corrected chi connectivity index (χ1v) is 12.6. The monoisotopic (exact) mass is 571 g/mol. The molecule has 39 heavy (non-hydrogen) atoms. The number of imidazole rings is 1. The highest BCUT2D eigenvalue weighted by atomic mass is 32.2. The molecule has 0 aliphatic carbocycles. The van der Waals surface area contributed by atoms with Crippen LogP contribution in [0.5, 0.6) is 0 Å². The van der Waals surface area contributed by atoms with Gasteiger partial charge in [0.1, 0.15) is 11.6 Å². The lowest BCUT2D eigenvalue weighted by molar-refractivity contribution is -0.147. The number of fused-ring (bicyclic) bond motifs is 1. The number of anilines is 3. The Morgan fingerprint density at radius 1 is 0.949 bits per heavy atom. The van der Waals surface area contributed by atoms with Crippen LogP contribution < -0.4 is 10.2 Å². The molecule has 208 valence electrons. The maximum atomic E-state index is 13.3. The van der Waals surface area contributed by atoms with Crippen molar-refractivity contribution in [2.75, 3.05) is 42.9 Å². The lowest BCUT2D eigenvalue weighted by Crippen LogP contribution is -2.49. The van der Waals surface area contributed by atoms with E-state index in [0.717, 1.165) is 22.0 Å². The fourth-order valence-electron chi connectivity index (χ4n) is 4.28. The molecule has 4 heterocycles. The fourth-order valence-corrected chi connectivity index (χ4v) is 5.08. The van der Waals surface area contributed by atoms with Gasteiger partial charge in [-0.25, -0.2) is 15.0 Å². The van der Waals surface area contributed by atoms with E-state index in [2.05, 4.69) is 30.5 Å². The van der Waals surface area contributed by atoms with Gasteiger partial charge in [-0.2, -0.15) is 31.4 Å². The summed E-state index contributed by atoms with van der Waals surface area (Å²) in [5.74, 6) is 0.435. The molecule has 3 aromatic heterocycles. The number of H-pyrrole nitrogens is 1. The number of hydrogen-bond donors (Lipinski definition) is 2. The summed E-state index contributed by atoms with van der Waals surface area (Å²) in [6.45, 7) is 1.96. The molecule has 2 N–H and O–H groups in total. The normalized spacial score (nSPS) is 15.3. The summed E-state index contributed by atoms with van der Waals surface area (Å²) in [7, 11) is 1.30. The Balaban J connectivity index is 1.42. The van der Waals surface area contributed by atoms with Gasteiger partial charge in [0, 0.05) is 55.9 Å². The van der Waals surface area contributed by atoms with Crippen molar-refractivity contribution in [2.45, 2.75) is 29.3 Å². The zero-order valence-electron chi connectivity index (χ0n) is 20.7. The Bertz CT molecular complexity index is 1470. The number of alkyl halides is 6. The van der Waals surface area contributed by atoms with Crippen molar-refractivity contribution in [3.05, 3.63) is 41.9 Å². The second-order valence-corrected chi connectivity index (χ2v) is 10.1.